The summed E-state index contributed by atoms with van der Waals surface area (Å²) in [7, 11) is 0. The molecule has 0 saturated carbocycles. The second-order valence-corrected chi connectivity index (χ2v) is 7.27. The Labute approximate surface area is 231 Å². The second-order valence-electron chi connectivity index (χ2n) is 7.27. The Kier molecular flexibility index (Phi) is 26.6. The predicted octanol–water partition coefficient (Wildman–Crippen LogP) is 8.70. The third-order valence-corrected chi connectivity index (χ3v) is 4.49. The molecule has 0 bridgehead atoms. The van der Waals surface area contributed by atoms with Crippen molar-refractivity contribution in [1.29, 1.82) is 0 Å². The van der Waals surface area contributed by atoms with Crippen LogP contribution in [0.4, 0.5) is 10.5 Å². The molecule has 3 N–H and O–H groups in total. The summed E-state index contributed by atoms with van der Waals surface area (Å²) in [5.41, 5.74) is 10.8. The van der Waals surface area contributed by atoms with Crippen LogP contribution in [0.5, 0.6) is 0 Å². The van der Waals surface area contributed by atoms with E-state index >= 15 is 0 Å². The van der Waals surface area contributed by atoms with Crippen LogP contribution in [0.2, 0.25) is 0 Å². The number of amidine groups is 1. The van der Waals surface area contributed by atoms with Gasteiger partial charge in [0.2, 0.25) is 6.41 Å². The van der Waals surface area contributed by atoms with E-state index in [4.69, 9.17) is 10.5 Å². The standard InChI is InChI=1S/C14H19N3O3.C14H18.2C2H6/c1-2-3-4-9-20-14(19)17-13(15)11-5-7-12(8-6-11)16-10-18;1-7-9-12(4)14(6)13(5)10-11(3)8-2;2*1-2/h5-8,10H,2-4,9H2,1H3,(H,16,18)(H2,15,17,19);7-10H,2-4,6H2,1,5H3;2*1-2H3/b;9-7-,13-10-;;. The summed E-state index contributed by atoms with van der Waals surface area (Å²) in [6.45, 7) is 29.7. The number of aliphatic imine (C=N–C) groups is 1. The van der Waals surface area contributed by atoms with E-state index < -0.39 is 6.09 Å². The number of nitrogens with zero attached hydrogens (tertiary/aromatic N) is 1. The number of ether oxygens (including phenoxy) is 1. The number of benzene rings is 1. The minimum atomic E-state index is -0.686. The number of hydrogen-bond donors (Lipinski definition) is 2. The zero-order chi connectivity index (χ0) is 29.9. The minimum absolute atomic E-state index is 0.0862. The smallest absolute Gasteiger partial charge is 0.435 e. The van der Waals surface area contributed by atoms with E-state index in [9.17, 15) is 9.59 Å². The van der Waals surface area contributed by atoms with Gasteiger partial charge in [0.1, 0.15) is 5.84 Å². The van der Waals surface area contributed by atoms with Crippen LogP contribution in [0.3, 0.4) is 0 Å². The average Bonchev–Trinajstić information content (AvgIpc) is 2.93. The Balaban J connectivity index is -0.000000598. The zero-order valence-electron chi connectivity index (χ0n) is 24.6. The van der Waals surface area contributed by atoms with E-state index in [1.165, 1.54) is 0 Å². The zero-order valence-corrected chi connectivity index (χ0v) is 24.6. The highest BCUT2D eigenvalue weighted by molar-refractivity contribution is 6.03. The van der Waals surface area contributed by atoms with Crippen molar-refractivity contribution in [1.82, 2.24) is 0 Å². The molecule has 0 aliphatic rings. The van der Waals surface area contributed by atoms with Gasteiger partial charge >= 0.3 is 6.09 Å². The van der Waals surface area contributed by atoms with E-state index in [-0.39, 0.29) is 5.84 Å². The van der Waals surface area contributed by atoms with Gasteiger partial charge in [-0.1, -0.05) is 98.1 Å². The summed E-state index contributed by atoms with van der Waals surface area (Å²) < 4.78 is 4.93. The second kappa shape index (κ2) is 26.1. The number of rotatable bonds is 12. The number of unbranched alkanes of at least 4 members (excludes halogenated alkanes) is 2. The largest absolute Gasteiger partial charge is 0.448 e. The Morgan fingerprint density at radius 2 is 1.66 bits per heavy atom. The summed E-state index contributed by atoms with van der Waals surface area (Å²) in [4.78, 5) is 25.3. The summed E-state index contributed by atoms with van der Waals surface area (Å²) in [5.74, 6) is 0.0862. The molecule has 2 amide bonds. The third kappa shape index (κ3) is 19.3. The lowest BCUT2D eigenvalue weighted by atomic mass is 10.00. The van der Waals surface area contributed by atoms with Crippen molar-refractivity contribution in [3.63, 3.8) is 0 Å². The Bertz CT molecular complexity index is 953. The molecule has 0 unspecified atom stereocenters. The number of anilines is 1. The molecule has 0 spiro atoms. The Morgan fingerprint density at radius 1 is 1.08 bits per heavy atom. The monoisotopic (exact) mass is 523 g/mol. The fourth-order valence-corrected chi connectivity index (χ4v) is 2.49. The number of nitrogens with two attached hydrogens (primary N) is 1. The van der Waals surface area contributed by atoms with Crippen LogP contribution >= 0.6 is 0 Å². The number of hydrogen-bond acceptors (Lipinski definition) is 3. The molecule has 6 nitrogen and oxygen atoms in total. The van der Waals surface area contributed by atoms with Crippen molar-refractivity contribution in [3.8, 4) is 0 Å². The molecule has 6 heteroatoms. The van der Waals surface area contributed by atoms with Crippen LogP contribution < -0.4 is 11.1 Å². The highest BCUT2D eigenvalue weighted by atomic mass is 16.5. The SMILES string of the molecule is C=CC(=C)/C=C(/C)C(=C)C(=C)/C=C\C.CC.CC.CCCCCOC(=O)/N=C(/N)c1ccc(NC=O)cc1. The van der Waals surface area contributed by atoms with E-state index in [2.05, 4.69) is 43.5 Å². The van der Waals surface area contributed by atoms with E-state index in [1.54, 1.807) is 30.3 Å². The maximum absolute atomic E-state index is 11.4. The van der Waals surface area contributed by atoms with Crippen LogP contribution in [0.25, 0.3) is 0 Å². The first-order valence-corrected chi connectivity index (χ1v) is 13.0. The number of allylic oxidation sites excluding steroid dienone is 8. The third-order valence-electron chi connectivity index (χ3n) is 4.49. The maximum Gasteiger partial charge on any atom is 0.435 e. The Morgan fingerprint density at radius 3 is 2.13 bits per heavy atom. The fraction of sp³-hybridized carbons (Fsp3) is 0.344. The Hall–Kier alpha value is -3.93. The molecule has 0 aliphatic heterocycles. The van der Waals surface area contributed by atoms with Gasteiger partial charge in [0.25, 0.3) is 0 Å². The van der Waals surface area contributed by atoms with Gasteiger partial charge in [0, 0.05) is 11.3 Å². The quantitative estimate of drug-likeness (QED) is 0.0941. The van der Waals surface area contributed by atoms with Gasteiger partial charge in [0.05, 0.1) is 6.61 Å². The minimum Gasteiger partial charge on any atom is -0.448 e. The summed E-state index contributed by atoms with van der Waals surface area (Å²) in [6, 6.07) is 6.65. The van der Waals surface area contributed by atoms with E-state index in [1.807, 2.05) is 59.8 Å². The van der Waals surface area contributed by atoms with Gasteiger partial charge in [0.15, 0.2) is 0 Å². The molecule has 210 valence electrons. The molecule has 38 heavy (non-hydrogen) atoms. The van der Waals surface area contributed by atoms with Gasteiger partial charge in [-0.25, -0.2) is 4.79 Å². The lowest BCUT2D eigenvalue weighted by Gasteiger charge is -2.05. The molecule has 0 heterocycles. The lowest BCUT2D eigenvalue weighted by Crippen LogP contribution is -2.16. The van der Waals surface area contributed by atoms with Crippen LogP contribution in [-0.4, -0.2) is 24.9 Å². The average molecular weight is 524 g/mol. The van der Waals surface area contributed by atoms with Crippen molar-refractivity contribution in [2.24, 2.45) is 10.7 Å². The first kappa shape index (κ1) is 38.6. The van der Waals surface area contributed by atoms with Crippen molar-refractivity contribution < 1.29 is 14.3 Å². The highest BCUT2D eigenvalue weighted by Gasteiger charge is 2.04. The van der Waals surface area contributed by atoms with Crippen LogP contribution in [-0.2, 0) is 9.53 Å². The van der Waals surface area contributed by atoms with Crippen molar-refractivity contribution in [2.45, 2.75) is 67.7 Å². The number of carbonyl (C=O) groups excluding carboxylic acids is 2. The normalized spacial score (nSPS) is 10.3. The summed E-state index contributed by atoms with van der Waals surface area (Å²) in [6.07, 6.45) is 10.3. The van der Waals surface area contributed by atoms with Gasteiger partial charge in [-0.3, -0.25) is 4.79 Å². The van der Waals surface area contributed by atoms with Crippen LogP contribution in [0.15, 0.2) is 102 Å². The first-order valence-electron chi connectivity index (χ1n) is 13.0. The van der Waals surface area contributed by atoms with Gasteiger partial charge in [-0.15, -0.1) is 0 Å². The van der Waals surface area contributed by atoms with Gasteiger partial charge in [-0.05, 0) is 66.8 Å². The number of amides is 2. The predicted molar refractivity (Wildman–Crippen MR) is 167 cm³/mol. The molecule has 0 atom stereocenters. The molecular weight excluding hydrogens is 474 g/mol. The molecule has 0 radical (unpaired) electrons. The number of carbonyl (C=O) groups is 2. The summed E-state index contributed by atoms with van der Waals surface area (Å²) in [5, 5.41) is 2.50. The van der Waals surface area contributed by atoms with Crippen LogP contribution in [0, 0.1) is 0 Å². The topological polar surface area (TPSA) is 93.8 Å². The molecule has 0 aliphatic carbocycles. The van der Waals surface area contributed by atoms with Crippen LogP contribution in [0.1, 0.15) is 73.3 Å². The van der Waals surface area contributed by atoms with Gasteiger partial charge < -0.3 is 15.8 Å². The number of nitrogens with one attached hydrogen (secondary N) is 1. The molecule has 1 rings (SSSR count). The van der Waals surface area contributed by atoms with E-state index in [0.717, 1.165) is 41.6 Å². The van der Waals surface area contributed by atoms with Crippen molar-refractivity contribution in [2.75, 3.05) is 11.9 Å². The highest BCUT2D eigenvalue weighted by Crippen LogP contribution is 2.18. The fourth-order valence-electron chi connectivity index (χ4n) is 2.49. The maximum atomic E-state index is 11.4. The molecule has 1 aromatic rings. The molecule has 0 aromatic heterocycles. The molecule has 0 fully saturated rings. The lowest BCUT2D eigenvalue weighted by molar-refractivity contribution is -0.105. The summed E-state index contributed by atoms with van der Waals surface area (Å²) >= 11 is 0. The molecular formula is C32H49N3O3. The van der Waals surface area contributed by atoms with Crippen molar-refractivity contribution in [3.05, 3.63) is 103 Å². The van der Waals surface area contributed by atoms with Gasteiger partial charge in [-0.2, -0.15) is 4.99 Å². The molecule has 1 aromatic carbocycles. The van der Waals surface area contributed by atoms with Crippen molar-refractivity contribution >= 4 is 24.0 Å². The first-order chi connectivity index (χ1) is 18.2. The molecule has 0 saturated heterocycles. The van der Waals surface area contributed by atoms with E-state index in [0.29, 0.717) is 24.3 Å².